The van der Waals surface area contributed by atoms with Gasteiger partial charge in [-0.15, -0.1) is 0 Å². The quantitative estimate of drug-likeness (QED) is 0.810. The van der Waals surface area contributed by atoms with Crippen LogP contribution in [0, 0.1) is 11.3 Å². The molecule has 21 heavy (non-hydrogen) atoms. The number of hydrogen-bond donors (Lipinski definition) is 0. The van der Waals surface area contributed by atoms with E-state index in [9.17, 15) is 4.79 Å². The summed E-state index contributed by atoms with van der Waals surface area (Å²) in [5.74, 6) is 0.383. The average Bonchev–Trinajstić information content (AvgIpc) is 2.97. The maximum absolute atomic E-state index is 12.0. The lowest BCUT2D eigenvalue weighted by atomic mass is 10.1. The zero-order valence-corrected chi connectivity index (χ0v) is 11.3. The third-order valence-corrected chi connectivity index (χ3v) is 3.37. The molecule has 0 aromatic heterocycles. The lowest BCUT2D eigenvalue weighted by Gasteiger charge is -2.10. The minimum atomic E-state index is -0.569. The van der Waals surface area contributed by atoms with Gasteiger partial charge >= 0.3 is 5.97 Å². The van der Waals surface area contributed by atoms with E-state index in [0.717, 1.165) is 16.9 Å². The molecule has 1 aliphatic heterocycles. The summed E-state index contributed by atoms with van der Waals surface area (Å²) >= 11 is 0. The Kier molecular flexibility index (Phi) is 3.57. The number of para-hydroxylation sites is 1. The van der Waals surface area contributed by atoms with E-state index in [2.05, 4.69) is 0 Å². The van der Waals surface area contributed by atoms with E-state index < -0.39 is 6.10 Å². The van der Waals surface area contributed by atoms with Crippen LogP contribution in [-0.2, 0) is 22.6 Å². The fourth-order valence-corrected chi connectivity index (χ4v) is 2.24. The molecule has 0 aliphatic carbocycles. The maximum Gasteiger partial charge on any atom is 0.348 e. The van der Waals surface area contributed by atoms with Crippen molar-refractivity contribution in [3.63, 3.8) is 0 Å². The second-order valence-corrected chi connectivity index (χ2v) is 4.83. The molecule has 2 aromatic carbocycles. The molecule has 1 unspecified atom stereocenters. The molecular formula is C17H13NO3. The third-order valence-electron chi connectivity index (χ3n) is 3.37. The van der Waals surface area contributed by atoms with Crippen molar-refractivity contribution in [3.8, 4) is 11.8 Å². The molecule has 0 spiro atoms. The highest BCUT2D eigenvalue weighted by Crippen LogP contribution is 2.28. The molecule has 0 saturated carbocycles. The Hall–Kier alpha value is -2.80. The predicted molar refractivity (Wildman–Crippen MR) is 75.5 cm³/mol. The van der Waals surface area contributed by atoms with E-state index in [4.69, 9.17) is 14.7 Å². The topological polar surface area (TPSA) is 59.3 Å². The van der Waals surface area contributed by atoms with Gasteiger partial charge in [-0.25, -0.2) is 4.79 Å². The van der Waals surface area contributed by atoms with Crippen LogP contribution in [-0.4, -0.2) is 12.1 Å². The van der Waals surface area contributed by atoms with Gasteiger partial charge in [0, 0.05) is 6.42 Å². The van der Waals surface area contributed by atoms with Crippen molar-refractivity contribution in [3.05, 3.63) is 65.2 Å². The van der Waals surface area contributed by atoms with E-state index in [1.807, 2.05) is 30.3 Å². The first-order valence-corrected chi connectivity index (χ1v) is 6.66. The molecule has 4 heteroatoms. The Balaban J connectivity index is 1.57. The van der Waals surface area contributed by atoms with Crippen LogP contribution in [0.15, 0.2) is 48.5 Å². The van der Waals surface area contributed by atoms with Crippen LogP contribution >= 0.6 is 0 Å². The number of carbonyl (C=O) groups is 1. The van der Waals surface area contributed by atoms with Gasteiger partial charge in [0.1, 0.15) is 12.4 Å². The number of fused-ring (bicyclic) bond motifs is 1. The van der Waals surface area contributed by atoms with Crippen LogP contribution in [0.25, 0.3) is 0 Å². The van der Waals surface area contributed by atoms with Crippen molar-refractivity contribution in [1.29, 1.82) is 5.26 Å². The third kappa shape index (κ3) is 2.87. The number of esters is 1. The van der Waals surface area contributed by atoms with E-state index in [1.165, 1.54) is 0 Å². The molecule has 0 radical (unpaired) electrons. The minimum Gasteiger partial charge on any atom is -0.478 e. The number of hydrogen-bond acceptors (Lipinski definition) is 4. The Bertz CT molecular complexity index is 676. The second-order valence-electron chi connectivity index (χ2n) is 4.83. The summed E-state index contributed by atoms with van der Waals surface area (Å²) in [5.41, 5.74) is 2.45. The highest BCUT2D eigenvalue weighted by atomic mass is 16.6. The van der Waals surface area contributed by atoms with Gasteiger partial charge in [0.2, 0.25) is 0 Å². The number of carbonyl (C=O) groups excluding carboxylic acids is 1. The van der Waals surface area contributed by atoms with Crippen molar-refractivity contribution < 1.29 is 14.3 Å². The van der Waals surface area contributed by atoms with Crippen molar-refractivity contribution in [2.24, 2.45) is 0 Å². The molecule has 1 aliphatic rings. The van der Waals surface area contributed by atoms with Gasteiger partial charge in [0.25, 0.3) is 0 Å². The van der Waals surface area contributed by atoms with Gasteiger partial charge in [-0.2, -0.15) is 5.26 Å². The summed E-state index contributed by atoms with van der Waals surface area (Å²) in [4.78, 5) is 12.0. The monoisotopic (exact) mass is 279 g/mol. The van der Waals surface area contributed by atoms with Crippen LogP contribution < -0.4 is 4.74 Å². The molecule has 1 heterocycles. The lowest BCUT2D eigenvalue weighted by molar-refractivity contribution is -0.152. The number of nitriles is 1. The van der Waals surface area contributed by atoms with E-state index >= 15 is 0 Å². The largest absolute Gasteiger partial charge is 0.478 e. The minimum absolute atomic E-state index is 0.181. The molecule has 0 fully saturated rings. The summed E-state index contributed by atoms with van der Waals surface area (Å²) in [6, 6.07) is 16.6. The Morgan fingerprint density at radius 3 is 2.71 bits per heavy atom. The Labute approximate surface area is 122 Å². The van der Waals surface area contributed by atoms with Crippen LogP contribution in [0.1, 0.15) is 16.7 Å². The van der Waals surface area contributed by atoms with Gasteiger partial charge < -0.3 is 9.47 Å². The molecule has 1 atom stereocenters. The normalized spacial score (nSPS) is 15.7. The molecule has 0 saturated heterocycles. The number of benzene rings is 2. The smallest absolute Gasteiger partial charge is 0.348 e. The van der Waals surface area contributed by atoms with Crippen LogP contribution in [0.5, 0.6) is 5.75 Å². The molecule has 104 valence electrons. The fraction of sp³-hybridized carbons (Fsp3) is 0.176. The molecule has 3 rings (SSSR count). The Morgan fingerprint density at radius 1 is 1.24 bits per heavy atom. The van der Waals surface area contributed by atoms with Gasteiger partial charge in [0.05, 0.1) is 11.6 Å². The van der Waals surface area contributed by atoms with Gasteiger partial charge in [-0.05, 0) is 29.3 Å². The van der Waals surface area contributed by atoms with E-state index in [1.54, 1.807) is 24.3 Å². The van der Waals surface area contributed by atoms with Crippen molar-refractivity contribution in [2.45, 2.75) is 19.1 Å². The number of nitrogens with zero attached hydrogens (tertiary/aromatic N) is 1. The first-order chi connectivity index (χ1) is 10.3. The molecule has 2 aromatic rings. The maximum atomic E-state index is 12.0. The molecule has 0 amide bonds. The zero-order chi connectivity index (χ0) is 14.7. The average molecular weight is 279 g/mol. The van der Waals surface area contributed by atoms with Crippen LogP contribution in [0.4, 0.5) is 0 Å². The summed E-state index contributed by atoms with van der Waals surface area (Å²) in [5, 5.41) is 8.72. The van der Waals surface area contributed by atoms with Crippen LogP contribution in [0.3, 0.4) is 0 Å². The standard InChI is InChI=1S/C17H13NO3/c18-10-12-5-7-13(8-6-12)11-20-17(19)16-9-14-3-1-2-4-15(14)21-16/h1-8,16H,9,11H2. The van der Waals surface area contributed by atoms with Crippen molar-refractivity contribution in [1.82, 2.24) is 0 Å². The van der Waals surface area contributed by atoms with E-state index in [0.29, 0.717) is 12.0 Å². The molecular weight excluding hydrogens is 266 g/mol. The number of ether oxygens (including phenoxy) is 2. The van der Waals surface area contributed by atoms with Crippen molar-refractivity contribution >= 4 is 5.97 Å². The SMILES string of the molecule is N#Cc1ccc(COC(=O)C2Cc3ccccc3O2)cc1. The molecule has 0 N–H and O–H groups in total. The zero-order valence-electron chi connectivity index (χ0n) is 11.3. The second kappa shape index (κ2) is 5.68. The molecule has 4 nitrogen and oxygen atoms in total. The first-order valence-electron chi connectivity index (χ1n) is 6.66. The molecule has 0 bridgehead atoms. The van der Waals surface area contributed by atoms with Crippen molar-refractivity contribution in [2.75, 3.05) is 0 Å². The highest BCUT2D eigenvalue weighted by Gasteiger charge is 2.29. The summed E-state index contributed by atoms with van der Waals surface area (Å²) in [6.07, 6.45) is -0.0247. The van der Waals surface area contributed by atoms with Gasteiger partial charge in [-0.3, -0.25) is 0 Å². The van der Waals surface area contributed by atoms with E-state index in [-0.39, 0.29) is 12.6 Å². The first kappa shape index (κ1) is 13.2. The summed E-state index contributed by atoms with van der Waals surface area (Å²) in [6.45, 7) is 0.181. The van der Waals surface area contributed by atoms with Crippen LogP contribution in [0.2, 0.25) is 0 Å². The summed E-state index contributed by atoms with van der Waals surface area (Å²) in [7, 11) is 0. The fourth-order valence-electron chi connectivity index (χ4n) is 2.24. The Morgan fingerprint density at radius 2 is 2.00 bits per heavy atom. The number of rotatable bonds is 3. The van der Waals surface area contributed by atoms with Gasteiger partial charge in [-0.1, -0.05) is 30.3 Å². The highest BCUT2D eigenvalue weighted by molar-refractivity contribution is 5.76. The predicted octanol–water partition coefficient (Wildman–Crippen LogP) is 2.61. The lowest BCUT2D eigenvalue weighted by Crippen LogP contribution is -2.27. The summed E-state index contributed by atoms with van der Waals surface area (Å²) < 4.78 is 10.8. The van der Waals surface area contributed by atoms with Gasteiger partial charge in [0.15, 0.2) is 6.10 Å².